The maximum Gasteiger partial charge on any atom is 0.334 e. The van der Waals surface area contributed by atoms with Gasteiger partial charge in [-0.2, -0.15) is 0 Å². The number of hydrogen-bond donors (Lipinski definition) is 2. The minimum absolute atomic E-state index is 0.0928. The largest absolute Gasteiger partial charge is 0.375 e. The first kappa shape index (κ1) is 20.1. The second-order valence-corrected chi connectivity index (χ2v) is 7.05. The zero-order valence-corrected chi connectivity index (χ0v) is 17.0. The molecule has 0 unspecified atom stereocenters. The minimum Gasteiger partial charge on any atom is -0.375 e. The molecule has 0 spiro atoms. The highest BCUT2D eigenvalue weighted by Gasteiger charge is 2.24. The van der Waals surface area contributed by atoms with Crippen molar-refractivity contribution in [1.29, 1.82) is 0 Å². The highest BCUT2D eigenvalue weighted by Crippen LogP contribution is 2.35. The molecule has 4 rings (SSSR count). The van der Waals surface area contributed by atoms with E-state index in [-0.39, 0.29) is 11.5 Å². The zero-order valence-electron chi connectivity index (χ0n) is 17.0. The predicted molar refractivity (Wildman–Crippen MR) is 121 cm³/mol. The third-order valence-corrected chi connectivity index (χ3v) is 4.85. The van der Waals surface area contributed by atoms with E-state index >= 15 is 0 Å². The molecule has 0 aliphatic carbocycles. The van der Waals surface area contributed by atoms with E-state index in [1.807, 2.05) is 78.5 Å². The molecule has 156 valence electrons. The Balaban J connectivity index is 1.73. The van der Waals surface area contributed by atoms with E-state index in [4.69, 9.17) is 0 Å². The summed E-state index contributed by atoms with van der Waals surface area (Å²) in [4.78, 5) is 20.5. The Morgan fingerprint density at radius 2 is 1.58 bits per heavy atom. The van der Waals surface area contributed by atoms with Crippen LogP contribution in [0.1, 0.15) is 11.1 Å². The van der Waals surface area contributed by atoms with Gasteiger partial charge in [0.15, 0.2) is 5.82 Å². The summed E-state index contributed by atoms with van der Waals surface area (Å²) in [5, 5.41) is 18.3. The summed E-state index contributed by atoms with van der Waals surface area (Å²) in [5.74, 6) is 0.824. The number of hydrogen-bond acceptors (Lipinski definition) is 6. The third-order valence-electron chi connectivity index (χ3n) is 4.85. The van der Waals surface area contributed by atoms with Crippen molar-refractivity contribution in [3.8, 4) is 11.5 Å². The average Bonchev–Trinajstić information content (AvgIpc) is 3.23. The molecule has 4 aromatic rings. The van der Waals surface area contributed by atoms with Gasteiger partial charge in [0.2, 0.25) is 5.82 Å². The number of pyridine rings is 1. The number of rotatable bonds is 8. The number of benzene rings is 2. The molecule has 0 saturated heterocycles. The number of anilines is 2. The number of aryl methyl sites for hydroxylation is 1. The normalized spacial score (nSPS) is 10.6. The van der Waals surface area contributed by atoms with E-state index in [9.17, 15) is 10.1 Å². The second-order valence-electron chi connectivity index (χ2n) is 7.05. The molecule has 2 aromatic heterocycles. The Morgan fingerprint density at radius 3 is 2.13 bits per heavy atom. The van der Waals surface area contributed by atoms with Crippen LogP contribution in [0.5, 0.6) is 0 Å². The highest BCUT2D eigenvalue weighted by molar-refractivity contribution is 5.78. The van der Waals surface area contributed by atoms with Gasteiger partial charge in [-0.25, -0.2) is 9.97 Å². The maximum absolute atomic E-state index is 12.0. The smallest absolute Gasteiger partial charge is 0.334 e. The standard InChI is InChI=1S/C23H22N6O2/c1-28-13-12-24-23(28)20-14-19(25-15-17-8-4-2-5-9-17)21(29(30)31)22(27-20)26-16-18-10-6-3-7-11-18/h2-14H,15-16H2,1H3,(H2,25,26,27). The van der Waals surface area contributed by atoms with E-state index in [1.165, 1.54) is 0 Å². The quantitative estimate of drug-likeness (QED) is 0.323. The molecule has 0 amide bonds. The Hall–Kier alpha value is -4.20. The Kier molecular flexibility index (Phi) is 5.89. The van der Waals surface area contributed by atoms with Gasteiger partial charge in [0.05, 0.1) is 4.92 Å². The molecular weight excluding hydrogens is 392 g/mol. The highest BCUT2D eigenvalue weighted by atomic mass is 16.6. The van der Waals surface area contributed by atoms with Crippen LogP contribution in [0.4, 0.5) is 17.2 Å². The van der Waals surface area contributed by atoms with Crippen molar-refractivity contribution in [2.24, 2.45) is 7.05 Å². The molecule has 2 heterocycles. The SMILES string of the molecule is Cn1ccnc1-c1cc(NCc2ccccc2)c([N+](=O)[O-])c(NCc2ccccc2)n1. The fourth-order valence-corrected chi connectivity index (χ4v) is 3.28. The summed E-state index contributed by atoms with van der Waals surface area (Å²) < 4.78 is 1.83. The first-order valence-corrected chi connectivity index (χ1v) is 9.84. The molecule has 8 nitrogen and oxygen atoms in total. The van der Waals surface area contributed by atoms with Gasteiger partial charge in [0.25, 0.3) is 0 Å². The lowest BCUT2D eigenvalue weighted by Crippen LogP contribution is -2.10. The van der Waals surface area contributed by atoms with Gasteiger partial charge in [-0.3, -0.25) is 10.1 Å². The van der Waals surface area contributed by atoms with Crippen LogP contribution >= 0.6 is 0 Å². The molecule has 2 N–H and O–H groups in total. The van der Waals surface area contributed by atoms with Crippen molar-refractivity contribution in [2.75, 3.05) is 10.6 Å². The molecule has 31 heavy (non-hydrogen) atoms. The summed E-state index contributed by atoms with van der Waals surface area (Å²) in [6.07, 6.45) is 3.49. The van der Waals surface area contributed by atoms with Gasteiger partial charge in [0, 0.05) is 32.5 Å². The fraction of sp³-hybridized carbons (Fsp3) is 0.130. The number of nitro groups is 1. The number of imidazole rings is 1. The van der Waals surface area contributed by atoms with E-state index in [1.54, 1.807) is 12.3 Å². The van der Waals surface area contributed by atoms with Crippen LogP contribution in [0.3, 0.4) is 0 Å². The van der Waals surface area contributed by atoms with Gasteiger partial charge in [-0.05, 0) is 17.2 Å². The van der Waals surface area contributed by atoms with Crippen molar-refractivity contribution in [2.45, 2.75) is 13.1 Å². The monoisotopic (exact) mass is 414 g/mol. The number of nitrogens with zero attached hydrogens (tertiary/aromatic N) is 4. The van der Waals surface area contributed by atoms with Crippen molar-refractivity contribution < 1.29 is 4.92 Å². The van der Waals surface area contributed by atoms with Crippen molar-refractivity contribution in [3.05, 3.63) is 100 Å². The zero-order chi connectivity index (χ0) is 21.6. The molecule has 0 radical (unpaired) electrons. The van der Waals surface area contributed by atoms with E-state index in [0.29, 0.717) is 30.3 Å². The van der Waals surface area contributed by atoms with Crippen LogP contribution in [-0.4, -0.2) is 19.5 Å². The summed E-state index contributed by atoms with van der Waals surface area (Å²) in [6, 6.07) is 21.1. The lowest BCUT2D eigenvalue weighted by atomic mass is 10.2. The number of aromatic nitrogens is 3. The Bertz CT molecular complexity index is 1110. The molecule has 0 aliphatic rings. The lowest BCUT2D eigenvalue weighted by Gasteiger charge is -2.14. The Morgan fingerprint density at radius 1 is 0.968 bits per heavy atom. The van der Waals surface area contributed by atoms with Crippen LogP contribution in [0, 0.1) is 10.1 Å². The molecule has 2 aromatic carbocycles. The molecule has 0 fully saturated rings. The minimum atomic E-state index is -0.407. The summed E-state index contributed by atoms with van der Waals surface area (Å²) >= 11 is 0. The summed E-state index contributed by atoms with van der Waals surface area (Å²) in [5.41, 5.74) is 2.86. The van der Waals surface area contributed by atoms with Gasteiger partial charge in [-0.1, -0.05) is 60.7 Å². The molecule has 0 atom stereocenters. The summed E-state index contributed by atoms with van der Waals surface area (Å²) in [7, 11) is 1.86. The van der Waals surface area contributed by atoms with Crippen LogP contribution in [0.15, 0.2) is 79.1 Å². The van der Waals surface area contributed by atoms with Gasteiger partial charge >= 0.3 is 5.69 Å². The van der Waals surface area contributed by atoms with Gasteiger partial charge in [0.1, 0.15) is 11.4 Å². The van der Waals surface area contributed by atoms with Crippen LogP contribution in [0.25, 0.3) is 11.5 Å². The topological polar surface area (TPSA) is 97.9 Å². The van der Waals surface area contributed by atoms with Crippen molar-refractivity contribution in [1.82, 2.24) is 14.5 Å². The lowest BCUT2D eigenvalue weighted by molar-refractivity contribution is -0.383. The van der Waals surface area contributed by atoms with Crippen LogP contribution in [0.2, 0.25) is 0 Å². The van der Waals surface area contributed by atoms with Crippen LogP contribution in [-0.2, 0) is 20.1 Å². The summed E-state index contributed by atoms with van der Waals surface area (Å²) in [6.45, 7) is 0.862. The molecule has 0 aliphatic heterocycles. The van der Waals surface area contributed by atoms with Crippen molar-refractivity contribution >= 4 is 17.2 Å². The van der Waals surface area contributed by atoms with Gasteiger partial charge < -0.3 is 15.2 Å². The first-order valence-electron chi connectivity index (χ1n) is 9.84. The third kappa shape index (κ3) is 4.69. The van der Waals surface area contributed by atoms with E-state index < -0.39 is 4.92 Å². The first-order chi connectivity index (χ1) is 15.1. The second kappa shape index (κ2) is 9.08. The van der Waals surface area contributed by atoms with Crippen molar-refractivity contribution in [3.63, 3.8) is 0 Å². The van der Waals surface area contributed by atoms with E-state index in [2.05, 4.69) is 20.6 Å². The molecule has 0 bridgehead atoms. The van der Waals surface area contributed by atoms with Gasteiger partial charge in [-0.15, -0.1) is 0 Å². The maximum atomic E-state index is 12.0. The predicted octanol–water partition coefficient (Wildman–Crippen LogP) is 4.61. The molecule has 0 saturated carbocycles. The average molecular weight is 414 g/mol. The molecule has 8 heteroatoms. The van der Waals surface area contributed by atoms with Crippen LogP contribution < -0.4 is 10.6 Å². The van der Waals surface area contributed by atoms with E-state index in [0.717, 1.165) is 11.1 Å². The molecular formula is C23H22N6O2. The Labute approximate surface area is 179 Å². The number of nitrogens with one attached hydrogen (secondary N) is 2. The fourth-order valence-electron chi connectivity index (χ4n) is 3.28.